The zero-order valence-corrected chi connectivity index (χ0v) is 16.6. The number of nitrogens with zero attached hydrogens (tertiary/aromatic N) is 1. The summed E-state index contributed by atoms with van der Waals surface area (Å²) in [6, 6.07) is 5.34. The number of hydrogen-bond donors (Lipinski definition) is 2. The summed E-state index contributed by atoms with van der Waals surface area (Å²) in [4.78, 5) is 15.6. The molecule has 25 heavy (non-hydrogen) atoms. The number of nitrogens with one attached hydrogen (secondary N) is 2. The molecule has 0 aliphatic carbocycles. The predicted octanol–water partition coefficient (Wildman–Crippen LogP) is 1.99. The van der Waals surface area contributed by atoms with Gasteiger partial charge in [-0.25, -0.2) is 8.42 Å². The van der Waals surface area contributed by atoms with Crippen LogP contribution in [0.25, 0.3) is 10.4 Å². The third-order valence-electron chi connectivity index (χ3n) is 4.21. The predicted molar refractivity (Wildman–Crippen MR) is 103 cm³/mol. The van der Waals surface area contributed by atoms with Crippen molar-refractivity contribution in [3.8, 4) is 10.4 Å². The van der Waals surface area contributed by atoms with Crippen LogP contribution < -0.4 is 10.9 Å². The number of thiophene rings is 1. The molecule has 9 heteroatoms. The molecule has 1 aliphatic heterocycles. The van der Waals surface area contributed by atoms with Crippen molar-refractivity contribution in [3.63, 3.8) is 0 Å². The molecular weight excluding hydrogens is 382 g/mol. The molecule has 1 aliphatic rings. The molecule has 6 nitrogen and oxygen atoms in total. The molecule has 0 radical (unpaired) electrons. The summed E-state index contributed by atoms with van der Waals surface area (Å²) in [6.45, 7) is 6.10. The summed E-state index contributed by atoms with van der Waals surface area (Å²) in [5, 5.41) is 3.16. The largest absolute Gasteiger partial charge is 0.326 e. The Morgan fingerprint density at radius 3 is 2.56 bits per heavy atom. The molecule has 0 amide bonds. The molecule has 138 valence electrons. The van der Waals surface area contributed by atoms with Gasteiger partial charge in [-0.2, -0.15) is 4.31 Å². The highest BCUT2D eigenvalue weighted by atomic mass is 35.5. The maximum absolute atomic E-state index is 12.7. The van der Waals surface area contributed by atoms with Crippen LogP contribution in [0.3, 0.4) is 0 Å². The van der Waals surface area contributed by atoms with Gasteiger partial charge >= 0.3 is 0 Å². The van der Waals surface area contributed by atoms with Crippen molar-refractivity contribution >= 4 is 33.8 Å². The first-order chi connectivity index (χ1) is 11.4. The Morgan fingerprint density at radius 1 is 1.24 bits per heavy atom. The van der Waals surface area contributed by atoms with Crippen LogP contribution in [-0.2, 0) is 16.4 Å². The highest BCUT2D eigenvalue weighted by Crippen LogP contribution is 2.33. The van der Waals surface area contributed by atoms with Crippen molar-refractivity contribution in [2.75, 3.05) is 26.2 Å². The lowest BCUT2D eigenvalue weighted by Gasteiger charge is -2.25. The number of hydrogen-bond acceptors (Lipinski definition) is 5. The van der Waals surface area contributed by atoms with Gasteiger partial charge in [0.05, 0.1) is 0 Å². The van der Waals surface area contributed by atoms with Gasteiger partial charge in [-0.3, -0.25) is 4.79 Å². The molecule has 0 unspecified atom stereocenters. The van der Waals surface area contributed by atoms with Crippen molar-refractivity contribution in [2.45, 2.75) is 24.5 Å². The minimum Gasteiger partial charge on any atom is -0.326 e. The molecule has 3 rings (SSSR count). The Morgan fingerprint density at radius 2 is 1.92 bits per heavy atom. The Bertz CT molecular complexity index is 900. The fourth-order valence-electron chi connectivity index (χ4n) is 2.80. The number of rotatable bonds is 4. The summed E-state index contributed by atoms with van der Waals surface area (Å²) in [6.07, 6.45) is 0.639. The smallest absolute Gasteiger partial charge is 0.252 e. The number of piperazine rings is 1. The van der Waals surface area contributed by atoms with Gasteiger partial charge in [-0.05, 0) is 31.5 Å². The minimum absolute atomic E-state index is 0. The molecule has 0 saturated carbocycles. The van der Waals surface area contributed by atoms with Gasteiger partial charge in [0.25, 0.3) is 15.6 Å². The zero-order chi connectivity index (χ0) is 17.3. The van der Waals surface area contributed by atoms with Crippen LogP contribution in [0.2, 0.25) is 0 Å². The van der Waals surface area contributed by atoms with Crippen molar-refractivity contribution in [1.29, 1.82) is 0 Å². The van der Waals surface area contributed by atoms with E-state index in [1.165, 1.54) is 15.6 Å². The van der Waals surface area contributed by atoms with E-state index in [2.05, 4.69) is 10.3 Å². The van der Waals surface area contributed by atoms with Crippen LogP contribution in [0, 0.1) is 6.92 Å². The number of sulfonamides is 1. The Balaban J connectivity index is 0.00000225. The van der Waals surface area contributed by atoms with Crippen molar-refractivity contribution in [2.24, 2.45) is 0 Å². The summed E-state index contributed by atoms with van der Waals surface area (Å²) in [7, 11) is -3.45. The zero-order valence-electron chi connectivity index (χ0n) is 14.2. The van der Waals surface area contributed by atoms with E-state index in [4.69, 9.17) is 0 Å². The normalized spacial score (nSPS) is 15.8. The fourth-order valence-corrected chi connectivity index (χ4v) is 5.78. The highest BCUT2D eigenvalue weighted by Gasteiger charge is 2.27. The van der Waals surface area contributed by atoms with E-state index in [9.17, 15) is 13.2 Å². The van der Waals surface area contributed by atoms with Crippen molar-refractivity contribution in [3.05, 3.63) is 39.8 Å². The second-order valence-corrected chi connectivity index (χ2v) is 9.04. The first-order valence-electron chi connectivity index (χ1n) is 7.97. The molecule has 1 fully saturated rings. The molecular formula is C16H22ClN3O3S2. The van der Waals surface area contributed by atoms with Gasteiger partial charge in [0.15, 0.2) is 0 Å². The Hall–Kier alpha value is -1.19. The molecule has 2 N–H and O–H groups in total. The van der Waals surface area contributed by atoms with E-state index in [0.29, 0.717) is 42.4 Å². The van der Waals surface area contributed by atoms with Gasteiger partial charge in [0, 0.05) is 47.9 Å². The second kappa shape index (κ2) is 8.01. The van der Waals surface area contributed by atoms with Crippen molar-refractivity contribution < 1.29 is 8.42 Å². The second-order valence-electron chi connectivity index (χ2n) is 5.79. The van der Waals surface area contributed by atoms with Crippen LogP contribution in [0.4, 0.5) is 0 Å². The van der Waals surface area contributed by atoms with Gasteiger partial charge in [-0.1, -0.05) is 6.92 Å². The highest BCUT2D eigenvalue weighted by molar-refractivity contribution is 7.91. The quantitative estimate of drug-likeness (QED) is 0.817. The maximum atomic E-state index is 12.7. The topological polar surface area (TPSA) is 82.3 Å². The summed E-state index contributed by atoms with van der Waals surface area (Å²) < 4.78 is 27.4. The molecule has 2 aromatic rings. The van der Waals surface area contributed by atoms with E-state index in [-0.39, 0.29) is 18.0 Å². The number of aromatic amines is 1. The van der Waals surface area contributed by atoms with Crippen molar-refractivity contribution in [1.82, 2.24) is 14.6 Å². The lowest BCUT2D eigenvalue weighted by atomic mass is 10.1. The van der Waals surface area contributed by atoms with E-state index >= 15 is 0 Å². The lowest BCUT2D eigenvalue weighted by molar-refractivity contribution is 0.361. The van der Waals surface area contributed by atoms with Gasteiger partial charge in [0.2, 0.25) is 0 Å². The maximum Gasteiger partial charge on any atom is 0.252 e. The number of aromatic nitrogens is 1. The van der Waals surface area contributed by atoms with Crippen LogP contribution in [0.1, 0.15) is 18.2 Å². The Kier molecular flexibility index (Phi) is 6.45. The van der Waals surface area contributed by atoms with E-state index in [0.717, 1.165) is 16.1 Å². The summed E-state index contributed by atoms with van der Waals surface area (Å²) in [5.41, 5.74) is 2.27. The molecule has 3 heterocycles. The molecule has 2 aromatic heterocycles. The first kappa shape index (κ1) is 20.1. The first-order valence-corrected chi connectivity index (χ1v) is 10.2. The number of halogens is 1. The van der Waals surface area contributed by atoms with E-state index in [1.54, 1.807) is 6.07 Å². The molecule has 0 bridgehead atoms. The lowest BCUT2D eigenvalue weighted by Crippen LogP contribution is -2.46. The summed E-state index contributed by atoms with van der Waals surface area (Å²) in [5.74, 6) is 0. The third-order valence-corrected chi connectivity index (χ3v) is 7.70. The Labute approximate surface area is 157 Å². The monoisotopic (exact) mass is 403 g/mol. The average molecular weight is 404 g/mol. The van der Waals surface area contributed by atoms with Gasteiger partial charge in [0.1, 0.15) is 4.21 Å². The molecule has 0 aromatic carbocycles. The molecule has 0 atom stereocenters. The fraction of sp³-hybridized carbons (Fsp3) is 0.438. The summed E-state index contributed by atoms with van der Waals surface area (Å²) >= 11 is 1.25. The van der Waals surface area contributed by atoms with Crippen LogP contribution in [0.5, 0.6) is 0 Å². The van der Waals surface area contributed by atoms with Gasteiger partial charge < -0.3 is 10.3 Å². The number of H-pyrrole nitrogens is 1. The third kappa shape index (κ3) is 3.98. The average Bonchev–Trinajstić information content (AvgIpc) is 3.06. The minimum atomic E-state index is -3.45. The van der Waals surface area contributed by atoms with Crippen LogP contribution in [0.15, 0.2) is 27.2 Å². The number of aryl methyl sites for hydroxylation is 2. The SMILES string of the molecule is CCc1cc(-c2ccc(S(=O)(=O)N3CCNCC3)s2)c(C)[nH]c1=O.Cl. The standard InChI is InChI=1S/C16H21N3O3S2.ClH/c1-3-12-10-13(11(2)18-16(12)20)14-4-5-15(23-14)24(21,22)19-8-6-17-7-9-19;/h4-5,10,17H,3,6-9H2,1-2H3,(H,18,20);1H. The van der Waals surface area contributed by atoms with Gasteiger partial charge in [-0.15, -0.1) is 23.7 Å². The number of pyridine rings is 1. The van der Waals surface area contributed by atoms with E-state index < -0.39 is 10.0 Å². The van der Waals surface area contributed by atoms with Crippen LogP contribution in [-0.4, -0.2) is 43.9 Å². The van der Waals surface area contributed by atoms with Crippen LogP contribution >= 0.6 is 23.7 Å². The van der Waals surface area contributed by atoms with E-state index in [1.807, 2.05) is 26.0 Å². The molecule has 1 saturated heterocycles. The molecule has 0 spiro atoms.